The van der Waals surface area contributed by atoms with Crippen molar-refractivity contribution in [3.63, 3.8) is 0 Å². The molecule has 0 radical (unpaired) electrons. The van der Waals surface area contributed by atoms with Crippen LogP contribution >= 0.6 is 0 Å². The zero-order chi connectivity index (χ0) is 20.3. The van der Waals surface area contributed by atoms with Gasteiger partial charge in [0.15, 0.2) is 0 Å². The third-order valence-corrected chi connectivity index (χ3v) is 2.70. The van der Waals surface area contributed by atoms with E-state index in [2.05, 4.69) is 0 Å². The summed E-state index contributed by atoms with van der Waals surface area (Å²) in [5, 5.41) is 8.21. The quantitative estimate of drug-likeness (QED) is 0.468. The fourth-order valence-corrected chi connectivity index (χ4v) is 1.63. The summed E-state index contributed by atoms with van der Waals surface area (Å²) in [6, 6.07) is -2.18. The third kappa shape index (κ3) is 4.36. The molecule has 0 saturated carbocycles. The molecule has 2 aromatic rings. The second-order valence-corrected chi connectivity index (χ2v) is 4.20. The Balaban J connectivity index is 2.42. The Morgan fingerprint density at radius 1 is 1.19 bits per heavy atom. The smallest absolute Gasteiger partial charge is 0.243 e. The molecular formula is C16H19NO4. The highest BCUT2D eigenvalue weighted by Crippen LogP contribution is 2.24. The van der Waals surface area contributed by atoms with Gasteiger partial charge in [0.2, 0.25) is 5.91 Å². The number of hydrogen-bond donors (Lipinski definition) is 2. The fraction of sp³-hybridized carbons (Fsp3) is 0.312. The number of benzene rings is 2. The molecule has 5 nitrogen and oxygen atoms in total. The van der Waals surface area contributed by atoms with Crippen LogP contribution in [0.15, 0.2) is 36.3 Å². The molecule has 0 atom stereocenters. The van der Waals surface area contributed by atoms with Crippen LogP contribution in [0.1, 0.15) is 27.5 Å². The van der Waals surface area contributed by atoms with Gasteiger partial charge < -0.3 is 9.47 Å². The predicted molar refractivity (Wildman–Crippen MR) is 79.8 cm³/mol. The van der Waals surface area contributed by atoms with Gasteiger partial charge in [0.05, 0.1) is 21.9 Å². The number of carbonyl (C=O) groups is 1. The Morgan fingerprint density at radius 3 is 2.52 bits per heavy atom. The Kier molecular flexibility index (Phi) is 3.17. The zero-order valence-electron chi connectivity index (χ0n) is 17.5. The van der Waals surface area contributed by atoms with Crippen LogP contribution in [-0.2, 0) is 4.79 Å². The monoisotopic (exact) mass is 295 g/mol. The number of unbranched alkanes of at least 4 members (excludes halogenated alkanes) is 1. The van der Waals surface area contributed by atoms with Crippen LogP contribution in [0.25, 0.3) is 10.8 Å². The third-order valence-electron chi connectivity index (χ3n) is 2.70. The molecular weight excluding hydrogens is 270 g/mol. The van der Waals surface area contributed by atoms with Crippen LogP contribution in [0, 0.1) is 0 Å². The number of rotatable bonds is 7. The van der Waals surface area contributed by atoms with Gasteiger partial charge in [-0.3, -0.25) is 10.0 Å². The maximum Gasteiger partial charge on any atom is 0.243 e. The van der Waals surface area contributed by atoms with Crippen molar-refractivity contribution in [3.05, 3.63) is 36.3 Å². The van der Waals surface area contributed by atoms with Gasteiger partial charge in [-0.1, -0.05) is 12.1 Å². The van der Waals surface area contributed by atoms with Gasteiger partial charge in [0, 0.05) is 6.42 Å². The first-order chi connectivity index (χ1) is 12.8. The van der Waals surface area contributed by atoms with Crippen LogP contribution in [0.3, 0.4) is 0 Å². The molecule has 0 aliphatic heterocycles. The Hall–Kier alpha value is -2.27. The SMILES string of the molecule is [2H]c1c(OCCCCC(=O)NO)c([2H])c2c([2H])c([2H])c(OC)c([2H])c2c1[2H]. The molecule has 2 aromatic carbocycles. The minimum absolute atomic E-state index is 0.0619. The van der Waals surface area contributed by atoms with Gasteiger partial charge in [0.25, 0.3) is 0 Å². The summed E-state index contributed by atoms with van der Waals surface area (Å²) >= 11 is 0. The summed E-state index contributed by atoms with van der Waals surface area (Å²) in [4.78, 5) is 10.9. The lowest BCUT2D eigenvalue weighted by Gasteiger charge is -2.08. The number of methoxy groups -OCH3 is 1. The largest absolute Gasteiger partial charge is 0.497 e. The summed E-state index contributed by atoms with van der Waals surface area (Å²) < 4.78 is 59.1. The maximum atomic E-state index is 10.9. The van der Waals surface area contributed by atoms with E-state index in [0.717, 1.165) is 0 Å². The van der Waals surface area contributed by atoms with Crippen LogP contribution in [0.4, 0.5) is 0 Å². The van der Waals surface area contributed by atoms with Gasteiger partial charge in [-0.15, -0.1) is 0 Å². The van der Waals surface area contributed by atoms with Crippen LogP contribution in [-0.4, -0.2) is 24.8 Å². The van der Waals surface area contributed by atoms with E-state index in [1.807, 2.05) is 0 Å². The van der Waals surface area contributed by atoms with Gasteiger partial charge in [-0.25, -0.2) is 5.48 Å². The van der Waals surface area contributed by atoms with Crippen molar-refractivity contribution in [1.29, 1.82) is 0 Å². The molecule has 0 aliphatic rings. The minimum atomic E-state index is -0.532. The molecule has 0 saturated heterocycles. The van der Waals surface area contributed by atoms with Gasteiger partial charge in [0.1, 0.15) is 11.5 Å². The average molecular weight is 295 g/mol. The molecule has 21 heavy (non-hydrogen) atoms. The lowest BCUT2D eigenvalue weighted by Crippen LogP contribution is -2.18. The summed E-state index contributed by atoms with van der Waals surface area (Å²) in [7, 11) is 1.25. The van der Waals surface area contributed by atoms with Crippen molar-refractivity contribution in [2.45, 2.75) is 19.3 Å². The van der Waals surface area contributed by atoms with Crippen LogP contribution < -0.4 is 15.0 Å². The number of nitrogens with one attached hydrogen (secondary N) is 1. The molecule has 0 unspecified atom stereocenters. The first kappa shape index (κ1) is 8.89. The fourth-order valence-electron chi connectivity index (χ4n) is 1.63. The number of ether oxygens (including phenoxy) is 2. The molecule has 1 amide bonds. The zero-order valence-corrected chi connectivity index (χ0v) is 11.5. The molecule has 112 valence electrons. The molecule has 5 heteroatoms. The lowest BCUT2D eigenvalue weighted by molar-refractivity contribution is -0.129. The summed E-state index contributed by atoms with van der Waals surface area (Å²) in [6.07, 6.45) is 0.897. The number of amides is 1. The highest BCUT2D eigenvalue weighted by Gasteiger charge is 2.01. The second-order valence-electron chi connectivity index (χ2n) is 4.20. The van der Waals surface area contributed by atoms with Crippen molar-refractivity contribution < 1.29 is 27.7 Å². The Morgan fingerprint density at radius 2 is 1.86 bits per heavy atom. The molecule has 0 bridgehead atoms. The van der Waals surface area contributed by atoms with Crippen molar-refractivity contribution in [1.82, 2.24) is 5.48 Å². The second kappa shape index (κ2) is 7.50. The van der Waals surface area contributed by atoms with E-state index >= 15 is 0 Å². The molecule has 0 spiro atoms. The number of hydrogen-bond acceptors (Lipinski definition) is 4. The summed E-state index contributed by atoms with van der Waals surface area (Å²) in [5.41, 5.74) is 1.51. The molecule has 0 fully saturated rings. The topological polar surface area (TPSA) is 67.8 Å². The summed E-state index contributed by atoms with van der Waals surface area (Å²) in [6.45, 7) is 0.0619. The molecule has 0 aliphatic carbocycles. The van der Waals surface area contributed by atoms with E-state index in [9.17, 15) is 4.79 Å². The first-order valence-electron chi connectivity index (χ1n) is 9.39. The highest BCUT2D eigenvalue weighted by molar-refractivity contribution is 5.85. The molecule has 0 aromatic heterocycles. The molecule has 0 heterocycles. The van der Waals surface area contributed by atoms with E-state index in [1.54, 1.807) is 0 Å². The van der Waals surface area contributed by atoms with E-state index in [-0.39, 0.29) is 65.5 Å². The van der Waals surface area contributed by atoms with Crippen LogP contribution in [0.2, 0.25) is 0 Å². The number of hydroxylamine groups is 1. The van der Waals surface area contributed by atoms with E-state index < -0.39 is 11.9 Å². The predicted octanol–water partition coefficient (Wildman–Crippen LogP) is 2.90. The van der Waals surface area contributed by atoms with Gasteiger partial charge >= 0.3 is 0 Å². The standard InChI is InChI=1S/C16H19NO4/c1-20-14-7-5-13-11-15(8-6-12(13)10-14)21-9-3-2-4-16(18)17-19/h5-8,10-11,19H,2-4,9H2,1H3,(H,17,18)/i5D,6D,7D,8D,10D,11D. The number of carbonyl (C=O) groups excluding carboxylic acids is 1. The lowest BCUT2D eigenvalue weighted by atomic mass is 10.1. The van der Waals surface area contributed by atoms with Crippen molar-refractivity contribution >= 4 is 16.7 Å². The van der Waals surface area contributed by atoms with E-state index in [4.69, 9.17) is 22.9 Å². The van der Waals surface area contributed by atoms with Gasteiger partial charge in [-0.2, -0.15) is 0 Å². The highest BCUT2D eigenvalue weighted by atomic mass is 16.5. The number of fused-ring (bicyclic) bond motifs is 1. The normalized spacial score (nSPS) is 14.4. The van der Waals surface area contributed by atoms with Crippen molar-refractivity contribution in [2.24, 2.45) is 0 Å². The van der Waals surface area contributed by atoms with Gasteiger partial charge in [-0.05, 0) is 47.8 Å². The van der Waals surface area contributed by atoms with E-state index in [0.29, 0.717) is 12.8 Å². The minimum Gasteiger partial charge on any atom is -0.497 e. The molecule has 2 N–H and O–H groups in total. The van der Waals surface area contributed by atoms with E-state index in [1.165, 1.54) is 12.6 Å². The van der Waals surface area contributed by atoms with Crippen LogP contribution in [0.5, 0.6) is 11.5 Å². The van der Waals surface area contributed by atoms with Crippen molar-refractivity contribution in [3.8, 4) is 11.5 Å². The Labute approximate surface area is 131 Å². The Bertz CT molecular complexity index is 890. The van der Waals surface area contributed by atoms with Crippen molar-refractivity contribution in [2.75, 3.05) is 13.7 Å². The summed E-state index contributed by atoms with van der Waals surface area (Å²) in [5.74, 6) is -0.928. The maximum absolute atomic E-state index is 10.9. The first-order valence-corrected chi connectivity index (χ1v) is 6.39. The average Bonchev–Trinajstić information content (AvgIpc) is 2.65. The molecule has 2 rings (SSSR count).